The summed E-state index contributed by atoms with van der Waals surface area (Å²) in [6, 6.07) is 20.9. The Bertz CT molecular complexity index is 1220. The van der Waals surface area contributed by atoms with Gasteiger partial charge in [-0.1, -0.05) is 18.2 Å². The predicted octanol–water partition coefficient (Wildman–Crippen LogP) is 4.42. The van der Waals surface area contributed by atoms with Crippen molar-refractivity contribution >= 4 is 5.91 Å². The summed E-state index contributed by atoms with van der Waals surface area (Å²) < 4.78 is 13.2. The standard InChI is InChI=1S/C27H26N4O3/c32-27(21-8-10-24(11-9-21)34-19-25-7-4-16-33-25)29-17-22-18-31(23-5-2-1-3-6-23)30-26(22)20-12-14-28-15-13-20/h1-3,5-6,8-15,18,25H,4,7,16-17,19H2,(H,29,32). The maximum Gasteiger partial charge on any atom is 0.251 e. The van der Waals surface area contributed by atoms with Crippen LogP contribution in [0.2, 0.25) is 0 Å². The number of para-hydroxylation sites is 1. The van der Waals surface area contributed by atoms with Crippen LogP contribution >= 0.6 is 0 Å². The van der Waals surface area contributed by atoms with E-state index in [4.69, 9.17) is 14.6 Å². The van der Waals surface area contributed by atoms with Crippen LogP contribution in [-0.4, -0.2) is 40.0 Å². The maximum atomic E-state index is 12.8. The van der Waals surface area contributed by atoms with Crippen molar-refractivity contribution in [3.63, 3.8) is 0 Å². The number of hydrogen-bond donors (Lipinski definition) is 1. The van der Waals surface area contributed by atoms with Crippen molar-refractivity contribution in [3.8, 4) is 22.7 Å². The van der Waals surface area contributed by atoms with E-state index in [1.54, 1.807) is 24.5 Å². The first-order valence-corrected chi connectivity index (χ1v) is 11.4. The normalized spacial score (nSPS) is 15.2. The minimum Gasteiger partial charge on any atom is -0.491 e. The van der Waals surface area contributed by atoms with Crippen LogP contribution in [0, 0.1) is 0 Å². The van der Waals surface area contributed by atoms with Crippen LogP contribution in [-0.2, 0) is 11.3 Å². The second-order valence-electron chi connectivity index (χ2n) is 8.17. The van der Waals surface area contributed by atoms with Gasteiger partial charge in [-0.25, -0.2) is 4.68 Å². The van der Waals surface area contributed by atoms with E-state index in [1.165, 1.54) is 0 Å². The minimum absolute atomic E-state index is 0.154. The number of pyridine rings is 1. The third-order valence-corrected chi connectivity index (χ3v) is 5.78. The Morgan fingerprint density at radius 3 is 2.59 bits per heavy atom. The lowest BCUT2D eigenvalue weighted by atomic mass is 10.1. The van der Waals surface area contributed by atoms with Crippen LogP contribution in [0.4, 0.5) is 0 Å². The van der Waals surface area contributed by atoms with E-state index in [1.807, 2.05) is 65.5 Å². The molecule has 1 amide bonds. The lowest BCUT2D eigenvalue weighted by molar-refractivity contribution is 0.0679. The van der Waals surface area contributed by atoms with Crippen LogP contribution in [0.25, 0.3) is 16.9 Å². The summed E-state index contributed by atoms with van der Waals surface area (Å²) in [6.07, 6.45) is 7.70. The average Bonchev–Trinajstić information content (AvgIpc) is 3.58. The van der Waals surface area contributed by atoms with Crippen LogP contribution in [0.3, 0.4) is 0 Å². The van der Waals surface area contributed by atoms with E-state index >= 15 is 0 Å². The van der Waals surface area contributed by atoms with Gasteiger partial charge in [0.2, 0.25) is 0 Å². The fourth-order valence-corrected chi connectivity index (χ4v) is 3.95. The number of nitrogens with one attached hydrogen (secondary N) is 1. The van der Waals surface area contributed by atoms with E-state index < -0.39 is 0 Å². The van der Waals surface area contributed by atoms with Crippen molar-refractivity contribution in [2.75, 3.05) is 13.2 Å². The minimum atomic E-state index is -0.154. The molecule has 1 N–H and O–H groups in total. The highest BCUT2D eigenvalue weighted by Gasteiger charge is 2.17. The molecule has 0 aliphatic carbocycles. The molecule has 3 heterocycles. The Hall–Kier alpha value is -3.97. The molecule has 5 rings (SSSR count). The van der Waals surface area contributed by atoms with Crippen LogP contribution in [0.5, 0.6) is 5.75 Å². The van der Waals surface area contributed by atoms with E-state index in [0.29, 0.717) is 18.7 Å². The second kappa shape index (κ2) is 10.3. The Labute approximate surface area is 198 Å². The zero-order valence-corrected chi connectivity index (χ0v) is 18.8. The molecule has 34 heavy (non-hydrogen) atoms. The lowest BCUT2D eigenvalue weighted by Gasteiger charge is -2.12. The highest BCUT2D eigenvalue weighted by atomic mass is 16.5. The quantitative estimate of drug-likeness (QED) is 0.426. The van der Waals surface area contributed by atoms with Crippen molar-refractivity contribution in [2.45, 2.75) is 25.5 Å². The summed E-state index contributed by atoms with van der Waals surface area (Å²) >= 11 is 0. The highest BCUT2D eigenvalue weighted by Crippen LogP contribution is 2.23. The van der Waals surface area contributed by atoms with Crippen molar-refractivity contribution in [1.82, 2.24) is 20.1 Å². The topological polar surface area (TPSA) is 78.3 Å². The van der Waals surface area contributed by atoms with Gasteiger partial charge in [-0.2, -0.15) is 5.10 Å². The Morgan fingerprint density at radius 2 is 1.85 bits per heavy atom. The zero-order valence-electron chi connectivity index (χ0n) is 18.8. The van der Waals surface area contributed by atoms with Crippen LogP contribution < -0.4 is 10.1 Å². The molecule has 1 atom stereocenters. The van der Waals surface area contributed by atoms with E-state index in [9.17, 15) is 4.79 Å². The fourth-order valence-electron chi connectivity index (χ4n) is 3.95. The zero-order chi connectivity index (χ0) is 23.2. The summed E-state index contributed by atoms with van der Waals surface area (Å²) in [4.78, 5) is 16.9. The van der Waals surface area contributed by atoms with Crippen LogP contribution in [0.15, 0.2) is 85.3 Å². The van der Waals surface area contributed by atoms with Crippen molar-refractivity contribution < 1.29 is 14.3 Å². The molecule has 0 saturated carbocycles. The van der Waals surface area contributed by atoms with E-state index in [2.05, 4.69) is 10.3 Å². The maximum absolute atomic E-state index is 12.8. The van der Waals surface area contributed by atoms with Gasteiger partial charge in [0.15, 0.2) is 0 Å². The Morgan fingerprint density at radius 1 is 1.06 bits per heavy atom. The van der Waals surface area contributed by atoms with Gasteiger partial charge in [-0.3, -0.25) is 9.78 Å². The smallest absolute Gasteiger partial charge is 0.251 e. The van der Waals surface area contributed by atoms with Gasteiger partial charge in [-0.05, 0) is 61.4 Å². The molecule has 4 aromatic rings. The number of carbonyl (C=O) groups excluding carboxylic acids is 1. The molecule has 2 aromatic heterocycles. The van der Waals surface area contributed by atoms with Gasteiger partial charge in [0.25, 0.3) is 5.91 Å². The number of nitrogens with zero attached hydrogens (tertiary/aromatic N) is 3. The molecule has 0 radical (unpaired) electrons. The molecule has 7 nitrogen and oxygen atoms in total. The number of amides is 1. The van der Waals surface area contributed by atoms with Crippen molar-refractivity contribution in [2.24, 2.45) is 0 Å². The molecule has 1 saturated heterocycles. The van der Waals surface area contributed by atoms with Gasteiger partial charge in [0, 0.05) is 48.4 Å². The van der Waals surface area contributed by atoms with E-state index in [0.717, 1.165) is 47.7 Å². The second-order valence-corrected chi connectivity index (χ2v) is 8.17. The Balaban J connectivity index is 1.27. The highest BCUT2D eigenvalue weighted by molar-refractivity contribution is 5.94. The van der Waals surface area contributed by atoms with Crippen LogP contribution in [0.1, 0.15) is 28.8 Å². The average molecular weight is 455 g/mol. The molecule has 1 unspecified atom stereocenters. The molecular formula is C27H26N4O3. The SMILES string of the molecule is O=C(NCc1cn(-c2ccccc2)nc1-c1ccncc1)c1ccc(OCC2CCCO2)cc1. The first-order chi connectivity index (χ1) is 16.8. The predicted molar refractivity (Wildman–Crippen MR) is 129 cm³/mol. The largest absolute Gasteiger partial charge is 0.491 e. The van der Waals surface area contributed by atoms with Gasteiger partial charge < -0.3 is 14.8 Å². The first-order valence-electron chi connectivity index (χ1n) is 11.4. The molecule has 0 bridgehead atoms. The lowest BCUT2D eigenvalue weighted by Crippen LogP contribution is -2.23. The third-order valence-electron chi connectivity index (χ3n) is 5.78. The fraction of sp³-hybridized carbons (Fsp3) is 0.222. The van der Waals surface area contributed by atoms with Gasteiger partial charge in [0.1, 0.15) is 12.4 Å². The number of aromatic nitrogens is 3. The molecule has 2 aromatic carbocycles. The molecule has 1 aliphatic heterocycles. The number of hydrogen-bond acceptors (Lipinski definition) is 5. The Kier molecular flexibility index (Phi) is 6.63. The third kappa shape index (κ3) is 5.15. The van der Waals surface area contributed by atoms with Gasteiger partial charge in [-0.15, -0.1) is 0 Å². The summed E-state index contributed by atoms with van der Waals surface area (Å²) in [5.74, 6) is 0.579. The first kappa shape index (κ1) is 21.9. The molecule has 1 aliphatic rings. The monoisotopic (exact) mass is 454 g/mol. The number of benzene rings is 2. The van der Waals surface area contributed by atoms with Crippen molar-refractivity contribution in [3.05, 3.63) is 96.4 Å². The molecular weight excluding hydrogens is 428 g/mol. The van der Waals surface area contributed by atoms with Gasteiger partial charge in [0.05, 0.1) is 17.5 Å². The number of carbonyl (C=O) groups is 1. The molecule has 7 heteroatoms. The molecule has 0 spiro atoms. The summed E-state index contributed by atoms with van der Waals surface area (Å²) in [5, 5.41) is 7.79. The summed E-state index contributed by atoms with van der Waals surface area (Å²) in [5.41, 5.74) is 4.20. The molecule has 172 valence electrons. The number of rotatable bonds is 8. The number of ether oxygens (including phenoxy) is 2. The molecule has 1 fully saturated rings. The van der Waals surface area contributed by atoms with Crippen molar-refractivity contribution in [1.29, 1.82) is 0 Å². The summed E-state index contributed by atoms with van der Waals surface area (Å²) in [7, 11) is 0. The summed E-state index contributed by atoms with van der Waals surface area (Å²) in [6.45, 7) is 1.69. The van der Waals surface area contributed by atoms with Gasteiger partial charge >= 0.3 is 0 Å². The van der Waals surface area contributed by atoms with E-state index in [-0.39, 0.29) is 12.0 Å².